The van der Waals surface area contributed by atoms with E-state index in [-0.39, 0.29) is 5.91 Å². The zero-order chi connectivity index (χ0) is 17.2. The quantitative estimate of drug-likeness (QED) is 0.595. The fourth-order valence-corrected chi connectivity index (χ4v) is 3.32. The molecule has 0 aliphatic carbocycles. The third-order valence-corrected chi connectivity index (χ3v) is 4.63. The van der Waals surface area contributed by atoms with Gasteiger partial charge in [-0.1, -0.05) is 12.1 Å². The second-order valence-electron chi connectivity index (χ2n) is 5.64. The van der Waals surface area contributed by atoms with Crippen molar-refractivity contribution < 1.29 is 9.21 Å². The number of nitrogens with one attached hydrogen (secondary N) is 1. The van der Waals surface area contributed by atoms with Crippen LogP contribution in [0.3, 0.4) is 0 Å². The number of imidazole rings is 1. The summed E-state index contributed by atoms with van der Waals surface area (Å²) in [4.78, 5) is 21.7. The molecule has 0 aliphatic rings. The van der Waals surface area contributed by atoms with E-state index in [1.54, 1.807) is 17.8 Å². The van der Waals surface area contributed by atoms with Crippen LogP contribution >= 0.6 is 11.3 Å². The Morgan fingerprint density at radius 1 is 1.32 bits per heavy atom. The molecule has 1 atom stereocenters. The van der Waals surface area contributed by atoms with E-state index in [1.807, 2.05) is 47.2 Å². The molecule has 0 saturated heterocycles. The van der Waals surface area contributed by atoms with Gasteiger partial charge in [0.1, 0.15) is 17.5 Å². The van der Waals surface area contributed by atoms with Crippen molar-refractivity contribution in [2.45, 2.75) is 19.5 Å². The van der Waals surface area contributed by atoms with Crippen LogP contribution in [-0.4, -0.2) is 20.4 Å². The van der Waals surface area contributed by atoms with E-state index >= 15 is 0 Å². The van der Waals surface area contributed by atoms with Gasteiger partial charge in [-0.3, -0.25) is 4.79 Å². The van der Waals surface area contributed by atoms with Crippen LogP contribution in [-0.2, 0) is 11.3 Å². The van der Waals surface area contributed by atoms with Gasteiger partial charge in [-0.15, -0.1) is 11.3 Å². The van der Waals surface area contributed by atoms with Crippen LogP contribution in [0.25, 0.3) is 22.6 Å². The average Bonchev–Trinajstić information content (AvgIpc) is 3.38. The Kier molecular flexibility index (Phi) is 4.07. The largest absolute Gasteiger partial charge is 0.467 e. The SMILES string of the molecule is C[C@@H](C(=O)NCc1ccco1)n1c(-c2cscn2)nc2ccccc21. The molecule has 25 heavy (non-hydrogen) atoms. The summed E-state index contributed by atoms with van der Waals surface area (Å²) in [5.41, 5.74) is 4.29. The first kappa shape index (κ1) is 15.6. The molecule has 1 N–H and O–H groups in total. The van der Waals surface area contributed by atoms with E-state index in [9.17, 15) is 4.79 Å². The van der Waals surface area contributed by atoms with E-state index in [0.29, 0.717) is 12.4 Å². The van der Waals surface area contributed by atoms with Gasteiger partial charge in [-0.05, 0) is 31.2 Å². The maximum Gasteiger partial charge on any atom is 0.243 e. The van der Waals surface area contributed by atoms with Gasteiger partial charge >= 0.3 is 0 Å². The van der Waals surface area contributed by atoms with Crippen LogP contribution < -0.4 is 5.32 Å². The number of hydrogen-bond acceptors (Lipinski definition) is 5. The molecule has 3 aromatic heterocycles. The first-order chi connectivity index (χ1) is 12.2. The highest BCUT2D eigenvalue weighted by molar-refractivity contribution is 7.07. The normalized spacial score (nSPS) is 12.4. The Bertz CT molecular complexity index is 990. The van der Waals surface area contributed by atoms with Crippen molar-refractivity contribution in [3.8, 4) is 11.5 Å². The standard InChI is InChI=1S/C18H16N4O2S/c1-12(18(23)19-9-13-5-4-8-24-13)22-16-7-3-2-6-14(16)21-17(22)15-10-25-11-20-15/h2-8,10-12H,9H2,1H3,(H,19,23)/t12-/m0/s1. The van der Waals surface area contributed by atoms with Crippen LogP contribution in [0.2, 0.25) is 0 Å². The van der Waals surface area contributed by atoms with Gasteiger partial charge in [-0.2, -0.15) is 0 Å². The van der Waals surface area contributed by atoms with E-state index in [2.05, 4.69) is 15.3 Å². The highest BCUT2D eigenvalue weighted by Gasteiger charge is 2.23. The minimum atomic E-state index is -0.431. The Hall–Kier alpha value is -2.93. The fraction of sp³-hybridized carbons (Fsp3) is 0.167. The Balaban J connectivity index is 1.69. The monoisotopic (exact) mass is 352 g/mol. The fourth-order valence-electron chi connectivity index (χ4n) is 2.79. The number of hydrogen-bond donors (Lipinski definition) is 1. The molecule has 1 amide bonds. The van der Waals surface area contributed by atoms with Gasteiger partial charge < -0.3 is 14.3 Å². The summed E-state index contributed by atoms with van der Waals surface area (Å²) in [7, 11) is 0. The third-order valence-electron chi connectivity index (χ3n) is 4.04. The number of nitrogens with zero attached hydrogens (tertiary/aromatic N) is 3. The number of thiazole rings is 1. The number of aromatic nitrogens is 3. The first-order valence-corrected chi connectivity index (χ1v) is 8.84. The van der Waals surface area contributed by atoms with Crippen molar-refractivity contribution in [1.29, 1.82) is 0 Å². The van der Waals surface area contributed by atoms with Gasteiger partial charge in [0.15, 0.2) is 5.82 Å². The van der Waals surface area contributed by atoms with Crippen LogP contribution in [0.5, 0.6) is 0 Å². The van der Waals surface area contributed by atoms with Crippen molar-refractivity contribution in [3.63, 3.8) is 0 Å². The summed E-state index contributed by atoms with van der Waals surface area (Å²) in [6, 6.07) is 11.0. The Morgan fingerprint density at radius 2 is 2.20 bits per heavy atom. The zero-order valence-corrected chi connectivity index (χ0v) is 14.4. The predicted molar refractivity (Wildman–Crippen MR) is 96.1 cm³/mol. The number of para-hydroxylation sites is 2. The molecular weight excluding hydrogens is 336 g/mol. The van der Waals surface area contributed by atoms with Gasteiger partial charge in [0.25, 0.3) is 0 Å². The second-order valence-corrected chi connectivity index (χ2v) is 6.36. The van der Waals surface area contributed by atoms with Gasteiger partial charge in [-0.25, -0.2) is 9.97 Å². The Labute approximate surface area is 148 Å². The number of rotatable bonds is 5. The van der Waals surface area contributed by atoms with E-state index in [4.69, 9.17) is 4.42 Å². The van der Waals surface area contributed by atoms with Gasteiger partial charge in [0.2, 0.25) is 5.91 Å². The number of fused-ring (bicyclic) bond motifs is 1. The summed E-state index contributed by atoms with van der Waals surface area (Å²) in [5.74, 6) is 1.31. The summed E-state index contributed by atoms with van der Waals surface area (Å²) in [6.45, 7) is 2.22. The molecule has 0 fully saturated rings. The molecule has 126 valence electrons. The molecule has 0 radical (unpaired) electrons. The van der Waals surface area contributed by atoms with E-state index in [0.717, 1.165) is 22.5 Å². The number of benzene rings is 1. The summed E-state index contributed by atoms with van der Waals surface area (Å²) >= 11 is 1.50. The van der Waals surface area contributed by atoms with Crippen LogP contribution in [0.4, 0.5) is 0 Å². The smallest absolute Gasteiger partial charge is 0.243 e. The van der Waals surface area contributed by atoms with Gasteiger partial charge in [0, 0.05) is 5.38 Å². The lowest BCUT2D eigenvalue weighted by atomic mass is 10.2. The summed E-state index contributed by atoms with van der Waals surface area (Å²) in [6.07, 6.45) is 1.59. The van der Waals surface area contributed by atoms with Gasteiger partial charge in [0.05, 0.1) is 29.4 Å². The van der Waals surface area contributed by atoms with Crippen molar-refractivity contribution in [2.24, 2.45) is 0 Å². The maximum atomic E-state index is 12.7. The molecule has 0 saturated carbocycles. The van der Waals surface area contributed by atoms with E-state index in [1.165, 1.54) is 11.3 Å². The lowest BCUT2D eigenvalue weighted by Gasteiger charge is -2.16. The molecule has 0 aliphatic heterocycles. The summed E-state index contributed by atoms with van der Waals surface area (Å²) in [5, 5.41) is 4.85. The van der Waals surface area contributed by atoms with Crippen molar-refractivity contribution in [1.82, 2.24) is 19.9 Å². The van der Waals surface area contributed by atoms with E-state index < -0.39 is 6.04 Å². The second kappa shape index (κ2) is 6.52. The molecule has 4 aromatic rings. The van der Waals surface area contributed by atoms with Crippen LogP contribution in [0, 0.1) is 0 Å². The molecular formula is C18H16N4O2S. The molecule has 0 bridgehead atoms. The maximum absolute atomic E-state index is 12.7. The molecule has 4 rings (SSSR count). The number of amides is 1. The summed E-state index contributed by atoms with van der Waals surface area (Å²) < 4.78 is 7.20. The lowest BCUT2D eigenvalue weighted by Crippen LogP contribution is -2.30. The molecule has 1 aromatic carbocycles. The third kappa shape index (κ3) is 2.94. The van der Waals surface area contributed by atoms with Crippen LogP contribution in [0.1, 0.15) is 18.7 Å². The number of carbonyl (C=O) groups is 1. The highest BCUT2D eigenvalue weighted by atomic mass is 32.1. The topological polar surface area (TPSA) is 73.0 Å². The molecule has 0 unspecified atom stereocenters. The average molecular weight is 352 g/mol. The molecule has 3 heterocycles. The highest BCUT2D eigenvalue weighted by Crippen LogP contribution is 2.28. The minimum absolute atomic E-state index is 0.101. The Morgan fingerprint density at radius 3 is 2.96 bits per heavy atom. The van der Waals surface area contributed by atoms with Crippen molar-refractivity contribution in [3.05, 3.63) is 59.3 Å². The van der Waals surface area contributed by atoms with Crippen LogP contribution in [0.15, 0.2) is 58.0 Å². The molecule has 7 heteroatoms. The van der Waals surface area contributed by atoms with Crippen molar-refractivity contribution >= 4 is 28.3 Å². The molecule has 6 nitrogen and oxygen atoms in total. The van der Waals surface area contributed by atoms with Crippen molar-refractivity contribution in [2.75, 3.05) is 0 Å². The number of furan rings is 1. The lowest BCUT2D eigenvalue weighted by molar-refractivity contribution is -0.124. The molecule has 0 spiro atoms. The minimum Gasteiger partial charge on any atom is -0.467 e. The first-order valence-electron chi connectivity index (χ1n) is 7.89. The predicted octanol–water partition coefficient (Wildman–Crippen LogP) is 3.63. The number of carbonyl (C=O) groups excluding carboxylic acids is 1. The zero-order valence-electron chi connectivity index (χ0n) is 13.5.